The lowest BCUT2D eigenvalue weighted by Crippen LogP contribution is -2.23. The van der Waals surface area contributed by atoms with Gasteiger partial charge >= 0.3 is 0 Å². The average Bonchev–Trinajstić information content (AvgIpc) is 2.44. The Bertz CT molecular complexity index is 547. The van der Waals surface area contributed by atoms with E-state index in [-0.39, 0.29) is 5.60 Å². The third-order valence-electron chi connectivity index (χ3n) is 2.78. The van der Waals surface area contributed by atoms with Crippen LogP contribution in [0, 0.1) is 0 Å². The van der Waals surface area contributed by atoms with Gasteiger partial charge in [-0.05, 0) is 45.0 Å². The molecule has 0 heterocycles. The summed E-state index contributed by atoms with van der Waals surface area (Å²) in [4.78, 5) is 0. The topological polar surface area (TPSA) is 30.5 Å². The molecule has 0 amide bonds. The molecule has 21 heavy (non-hydrogen) atoms. The van der Waals surface area contributed by atoms with E-state index in [1.165, 1.54) is 0 Å². The van der Waals surface area contributed by atoms with Crippen molar-refractivity contribution < 1.29 is 9.47 Å². The van der Waals surface area contributed by atoms with Crippen LogP contribution in [-0.2, 0) is 4.74 Å². The minimum Gasteiger partial charge on any atom is -0.457 e. The first-order valence-electron chi connectivity index (χ1n) is 7.24. The minimum absolute atomic E-state index is 0.0973. The van der Waals surface area contributed by atoms with Crippen LogP contribution in [0.25, 0.3) is 0 Å². The van der Waals surface area contributed by atoms with Gasteiger partial charge in [-0.3, -0.25) is 0 Å². The van der Waals surface area contributed by atoms with E-state index in [0.717, 1.165) is 23.7 Å². The van der Waals surface area contributed by atoms with Gasteiger partial charge in [0.2, 0.25) is 0 Å². The molecule has 0 aromatic heterocycles. The molecule has 0 radical (unpaired) electrons. The largest absolute Gasteiger partial charge is 0.457 e. The second kappa shape index (κ2) is 7.14. The van der Waals surface area contributed by atoms with Crippen molar-refractivity contribution in [3.63, 3.8) is 0 Å². The van der Waals surface area contributed by atoms with Gasteiger partial charge in [-0.25, -0.2) is 0 Å². The first kappa shape index (κ1) is 15.4. The number of hydrogen-bond donors (Lipinski definition) is 1. The van der Waals surface area contributed by atoms with E-state index in [9.17, 15) is 0 Å². The number of nitrogens with one attached hydrogen (secondary N) is 1. The van der Waals surface area contributed by atoms with Gasteiger partial charge in [0.1, 0.15) is 11.5 Å². The van der Waals surface area contributed by atoms with Gasteiger partial charge in [-0.2, -0.15) is 0 Å². The lowest BCUT2D eigenvalue weighted by Gasteiger charge is -2.19. The molecule has 0 unspecified atom stereocenters. The second-order valence-electron chi connectivity index (χ2n) is 5.83. The van der Waals surface area contributed by atoms with Gasteiger partial charge in [-0.1, -0.05) is 24.3 Å². The Morgan fingerprint density at radius 2 is 1.62 bits per heavy atom. The fourth-order valence-electron chi connectivity index (χ4n) is 1.85. The lowest BCUT2D eigenvalue weighted by atomic mass is 10.2. The first-order chi connectivity index (χ1) is 10.0. The first-order valence-corrected chi connectivity index (χ1v) is 7.24. The van der Waals surface area contributed by atoms with Crippen LogP contribution in [0.2, 0.25) is 0 Å². The van der Waals surface area contributed by atoms with Crippen LogP contribution in [0.15, 0.2) is 54.6 Å². The second-order valence-corrected chi connectivity index (χ2v) is 5.83. The summed E-state index contributed by atoms with van der Waals surface area (Å²) in [5.74, 6) is 1.66. The maximum atomic E-state index is 5.81. The van der Waals surface area contributed by atoms with Crippen molar-refractivity contribution >= 4 is 5.69 Å². The van der Waals surface area contributed by atoms with Crippen LogP contribution in [0.5, 0.6) is 11.5 Å². The molecule has 0 spiro atoms. The number of rotatable bonds is 6. The third kappa shape index (κ3) is 5.88. The zero-order valence-electron chi connectivity index (χ0n) is 12.9. The van der Waals surface area contributed by atoms with Crippen molar-refractivity contribution in [2.24, 2.45) is 0 Å². The fourth-order valence-corrected chi connectivity index (χ4v) is 1.85. The molecule has 2 aromatic rings. The quantitative estimate of drug-likeness (QED) is 0.780. The van der Waals surface area contributed by atoms with Gasteiger partial charge in [-0.15, -0.1) is 0 Å². The summed E-state index contributed by atoms with van der Waals surface area (Å²) in [5, 5.41) is 3.34. The van der Waals surface area contributed by atoms with Crippen LogP contribution in [0.3, 0.4) is 0 Å². The van der Waals surface area contributed by atoms with E-state index in [2.05, 4.69) is 26.1 Å². The van der Waals surface area contributed by atoms with Crippen LogP contribution in [-0.4, -0.2) is 18.8 Å². The molecule has 2 aromatic carbocycles. The summed E-state index contributed by atoms with van der Waals surface area (Å²) in [6.45, 7) is 7.61. The molecular weight excluding hydrogens is 262 g/mol. The summed E-state index contributed by atoms with van der Waals surface area (Å²) >= 11 is 0. The van der Waals surface area contributed by atoms with Crippen molar-refractivity contribution in [1.82, 2.24) is 0 Å². The van der Waals surface area contributed by atoms with Crippen molar-refractivity contribution in [2.75, 3.05) is 18.5 Å². The Morgan fingerprint density at radius 1 is 0.905 bits per heavy atom. The number of anilines is 1. The van der Waals surface area contributed by atoms with Gasteiger partial charge in [0.15, 0.2) is 0 Å². The monoisotopic (exact) mass is 285 g/mol. The summed E-state index contributed by atoms with van der Waals surface area (Å²) in [5.41, 5.74) is 0.931. The number of ether oxygens (including phenoxy) is 2. The predicted molar refractivity (Wildman–Crippen MR) is 87.2 cm³/mol. The molecule has 3 heteroatoms. The van der Waals surface area contributed by atoms with Crippen LogP contribution >= 0.6 is 0 Å². The molecule has 0 atom stereocenters. The highest BCUT2D eigenvalue weighted by Crippen LogP contribution is 2.23. The third-order valence-corrected chi connectivity index (χ3v) is 2.78. The van der Waals surface area contributed by atoms with Gasteiger partial charge in [0.05, 0.1) is 12.2 Å². The number of para-hydroxylation sites is 1. The SMILES string of the molecule is CC(C)(C)OCCNc1cccc(Oc2ccccc2)c1. The van der Waals surface area contributed by atoms with E-state index < -0.39 is 0 Å². The minimum atomic E-state index is -0.0973. The van der Waals surface area contributed by atoms with Crippen molar-refractivity contribution in [2.45, 2.75) is 26.4 Å². The molecular formula is C18H23NO2. The summed E-state index contributed by atoms with van der Waals surface area (Å²) in [6.07, 6.45) is 0. The highest BCUT2D eigenvalue weighted by atomic mass is 16.5. The number of hydrogen-bond acceptors (Lipinski definition) is 3. The zero-order valence-corrected chi connectivity index (χ0v) is 12.9. The molecule has 0 fully saturated rings. The highest BCUT2D eigenvalue weighted by molar-refractivity contribution is 5.49. The fraction of sp³-hybridized carbons (Fsp3) is 0.333. The molecule has 1 N–H and O–H groups in total. The van der Waals surface area contributed by atoms with Crippen molar-refractivity contribution in [3.05, 3.63) is 54.6 Å². The molecule has 0 bridgehead atoms. The Labute approximate surface area is 126 Å². The summed E-state index contributed by atoms with van der Waals surface area (Å²) in [6, 6.07) is 17.7. The Balaban J connectivity index is 1.86. The van der Waals surface area contributed by atoms with Crippen LogP contribution in [0.1, 0.15) is 20.8 Å². The van der Waals surface area contributed by atoms with Gasteiger partial charge < -0.3 is 14.8 Å². The molecule has 112 valence electrons. The molecule has 0 saturated carbocycles. The van der Waals surface area contributed by atoms with E-state index in [4.69, 9.17) is 9.47 Å². The normalized spacial score (nSPS) is 11.2. The zero-order chi connectivity index (χ0) is 15.1. The van der Waals surface area contributed by atoms with Gasteiger partial charge in [0.25, 0.3) is 0 Å². The van der Waals surface area contributed by atoms with E-state index in [1.54, 1.807) is 0 Å². The standard InChI is InChI=1S/C18H23NO2/c1-18(2,3)20-13-12-19-15-8-7-11-17(14-15)21-16-9-5-4-6-10-16/h4-11,14,19H,12-13H2,1-3H3. The molecule has 2 rings (SSSR count). The maximum Gasteiger partial charge on any atom is 0.129 e. The lowest BCUT2D eigenvalue weighted by molar-refractivity contribution is 0.00333. The summed E-state index contributed by atoms with van der Waals surface area (Å²) in [7, 11) is 0. The predicted octanol–water partition coefficient (Wildman–Crippen LogP) is 4.71. The molecule has 0 aliphatic heterocycles. The Kier molecular flexibility index (Phi) is 5.23. The molecule has 3 nitrogen and oxygen atoms in total. The Morgan fingerprint density at radius 3 is 2.33 bits per heavy atom. The van der Waals surface area contributed by atoms with E-state index >= 15 is 0 Å². The van der Waals surface area contributed by atoms with Crippen molar-refractivity contribution in [1.29, 1.82) is 0 Å². The van der Waals surface area contributed by atoms with Crippen LogP contribution < -0.4 is 10.1 Å². The highest BCUT2D eigenvalue weighted by Gasteiger charge is 2.08. The van der Waals surface area contributed by atoms with Crippen molar-refractivity contribution in [3.8, 4) is 11.5 Å². The molecule has 0 aliphatic carbocycles. The maximum absolute atomic E-state index is 5.81. The molecule has 0 saturated heterocycles. The number of benzene rings is 2. The van der Waals surface area contributed by atoms with Crippen LogP contribution in [0.4, 0.5) is 5.69 Å². The Hall–Kier alpha value is -2.00. The smallest absolute Gasteiger partial charge is 0.129 e. The molecule has 0 aliphatic rings. The average molecular weight is 285 g/mol. The summed E-state index contributed by atoms with van der Waals surface area (Å²) < 4.78 is 11.5. The van der Waals surface area contributed by atoms with E-state index in [0.29, 0.717) is 6.61 Å². The van der Waals surface area contributed by atoms with Gasteiger partial charge in [0, 0.05) is 18.3 Å². The van der Waals surface area contributed by atoms with E-state index in [1.807, 2.05) is 54.6 Å².